The molecule has 0 saturated carbocycles. The zero-order valence-corrected chi connectivity index (χ0v) is 17.4. The molecule has 2 aromatic heterocycles. The van der Waals surface area contributed by atoms with E-state index in [4.69, 9.17) is 4.98 Å². The van der Waals surface area contributed by atoms with Gasteiger partial charge in [0.2, 0.25) is 5.91 Å². The normalized spacial score (nSPS) is 14.0. The Bertz CT molecular complexity index is 855. The molecule has 0 saturated heterocycles. The molecule has 0 aromatic carbocycles. The van der Waals surface area contributed by atoms with Gasteiger partial charge < -0.3 is 5.32 Å². The molecule has 142 valence electrons. The van der Waals surface area contributed by atoms with E-state index in [0.29, 0.717) is 24.8 Å². The third-order valence-electron chi connectivity index (χ3n) is 4.68. The Morgan fingerprint density at radius 1 is 1.35 bits per heavy atom. The predicted octanol–water partition coefficient (Wildman–Crippen LogP) is 3.61. The Kier molecular flexibility index (Phi) is 6.40. The number of hydrogen-bond donors (Lipinski definition) is 1. The van der Waals surface area contributed by atoms with Gasteiger partial charge in [-0.05, 0) is 43.6 Å². The van der Waals surface area contributed by atoms with Crippen molar-refractivity contribution in [3.8, 4) is 0 Å². The minimum atomic E-state index is -0.0304. The number of nitrogens with zero attached hydrogens (tertiary/aromatic N) is 2. The van der Waals surface area contributed by atoms with Gasteiger partial charge in [0, 0.05) is 30.6 Å². The molecule has 1 aliphatic carbocycles. The molecule has 1 N–H and O–H groups in total. The number of rotatable bonds is 7. The first kappa shape index (κ1) is 19.4. The molecule has 0 radical (unpaired) electrons. The highest BCUT2D eigenvalue weighted by Crippen LogP contribution is 2.34. The monoisotopic (exact) mass is 393 g/mol. The molecule has 0 spiro atoms. The highest BCUT2D eigenvalue weighted by atomic mass is 32.2. The highest BCUT2D eigenvalue weighted by Gasteiger charge is 2.22. The maximum Gasteiger partial charge on any atom is 0.263 e. The maximum atomic E-state index is 13.3. The largest absolute Gasteiger partial charge is 0.356 e. The van der Waals surface area contributed by atoms with Gasteiger partial charge >= 0.3 is 0 Å². The number of amides is 1. The van der Waals surface area contributed by atoms with Crippen LogP contribution in [0.2, 0.25) is 0 Å². The lowest BCUT2D eigenvalue weighted by molar-refractivity contribution is -0.118. The summed E-state index contributed by atoms with van der Waals surface area (Å²) in [6.45, 7) is 7.15. The van der Waals surface area contributed by atoms with E-state index in [9.17, 15) is 9.59 Å². The van der Waals surface area contributed by atoms with E-state index in [1.807, 2.05) is 4.57 Å². The van der Waals surface area contributed by atoms with Crippen LogP contribution in [0.25, 0.3) is 10.2 Å². The second kappa shape index (κ2) is 8.57. The smallest absolute Gasteiger partial charge is 0.263 e. The van der Waals surface area contributed by atoms with Crippen molar-refractivity contribution in [2.24, 2.45) is 5.92 Å². The molecular formula is C19H27N3O2S2. The molecular weight excluding hydrogens is 366 g/mol. The van der Waals surface area contributed by atoms with Crippen LogP contribution in [-0.4, -0.2) is 27.8 Å². The van der Waals surface area contributed by atoms with E-state index in [2.05, 4.69) is 19.2 Å². The van der Waals surface area contributed by atoms with Gasteiger partial charge in [-0.15, -0.1) is 11.3 Å². The molecule has 7 heteroatoms. The molecule has 26 heavy (non-hydrogen) atoms. The number of fused-ring (bicyclic) bond motifs is 3. The van der Waals surface area contributed by atoms with E-state index in [-0.39, 0.29) is 11.5 Å². The van der Waals surface area contributed by atoms with E-state index in [1.165, 1.54) is 23.8 Å². The van der Waals surface area contributed by atoms with E-state index in [0.717, 1.165) is 41.1 Å². The summed E-state index contributed by atoms with van der Waals surface area (Å²) < 4.78 is 1.86. The third-order valence-corrected chi connectivity index (χ3v) is 6.84. The molecule has 0 bridgehead atoms. The van der Waals surface area contributed by atoms with Crippen LogP contribution in [0, 0.1) is 5.92 Å². The van der Waals surface area contributed by atoms with Crippen molar-refractivity contribution in [2.75, 3.05) is 12.3 Å². The number of thioether (sulfide) groups is 1. The molecule has 0 unspecified atom stereocenters. The Balaban J connectivity index is 1.96. The van der Waals surface area contributed by atoms with Gasteiger partial charge in [-0.1, -0.05) is 25.6 Å². The van der Waals surface area contributed by atoms with E-state index >= 15 is 0 Å². The summed E-state index contributed by atoms with van der Waals surface area (Å²) in [4.78, 5) is 31.4. The summed E-state index contributed by atoms with van der Waals surface area (Å²) in [5.74, 6) is 1.22. The zero-order valence-electron chi connectivity index (χ0n) is 15.8. The van der Waals surface area contributed by atoms with Crippen molar-refractivity contribution in [3.05, 3.63) is 20.8 Å². The van der Waals surface area contributed by atoms with Crippen LogP contribution in [0.4, 0.5) is 0 Å². The first-order valence-electron chi connectivity index (χ1n) is 9.39. The molecule has 0 atom stereocenters. The summed E-state index contributed by atoms with van der Waals surface area (Å²) in [7, 11) is 0. The fourth-order valence-electron chi connectivity index (χ4n) is 3.28. The fourth-order valence-corrected chi connectivity index (χ4v) is 5.47. The molecule has 1 amide bonds. The van der Waals surface area contributed by atoms with Crippen molar-refractivity contribution >= 4 is 39.2 Å². The SMILES string of the molecule is CC(=O)NCCSc1nc2sc3c(c2c(=O)n1CCC(C)C)CCCC3. The molecule has 0 fully saturated rings. The van der Waals surface area contributed by atoms with Gasteiger partial charge in [0.25, 0.3) is 5.56 Å². The van der Waals surface area contributed by atoms with Crippen molar-refractivity contribution in [2.45, 2.75) is 64.6 Å². The summed E-state index contributed by atoms with van der Waals surface area (Å²) >= 11 is 3.26. The minimum Gasteiger partial charge on any atom is -0.356 e. The van der Waals surface area contributed by atoms with Crippen molar-refractivity contribution in [3.63, 3.8) is 0 Å². The lowest BCUT2D eigenvalue weighted by atomic mass is 9.97. The van der Waals surface area contributed by atoms with Gasteiger partial charge in [-0.3, -0.25) is 14.2 Å². The van der Waals surface area contributed by atoms with Crippen molar-refractivity contribution in [1.29, 1.82) is 0 Å². The Hall–Kier alpha value is -1.34. The topological polar surface area (TPSA) is 64.0 Å². The van der Waals surface area contributed by atoms with Gasteiger partial charge in [0.15, 0.2) is 5.16 Å². The first-order chi connectivity index (χ1) is 12.5. The maximum absolute atomic E-state index is 13.3. The van der Waals surface area contributed by atoms with Crippen LogP contribution >= 0.6 is 23.1 Å². The Morgan fingerprint density at radius 2 is 2.12 bits per heavy atom. The number of carbonyl (C=O) groups excluding carboxylic acids is 1. The number of hydrogen-bond acceptors (Lipinski definition) is 5. The highest BCUT2D eigenvalue weighted by molar-refractivity contribution is 7.99. The second-order valence-electron chi connectivity index (χ2n) is 7.26. The summed E-state index contributed by atoms with van der Waals surface area (Å²) in [6.07, 6.45) is 5.41. The van der Waals surface area contributed by atoms with Crippen LogP contribution in [-0.2, 0) is 24.2 Å². The second-order valence-corrected chi connectivity index (χ2v) is 9.40. The Morgan fingerprint density at radius 3 is 2.85 bits per heavy atom. The summed E-state index contributed by atoms with van der Waals surface area (Å²) in [5, 5.41) is 4.45. The quantitative estimate of drug-likeness (QED) is 0.443. The number of thiophene rings is 1. The van der Waals surface area contributed by atoms with Crippen molar-refractivity contribution in [1.82, 2.24) is 14.9 Å². The van der Waals surface area contributed by atoms with Gasteiger partial charge in [0.05, 0.1) is 5.39 Å². The van der Waals surface area contributed by atoms with Gasteiger partial charge in [-0.2, -0.15) is 0 Å². The number of carbonyl (C=O) groups is 1. The molecule has 0 aliphatic heterocycles. The van der Waals surface area contributed by atoms with Crippen LogP contribution in [0.3, 0.4) is 0 Å². The number of aromatic nitrogens is 2. The lowest BCUT2D eigenvalue weighted by Gasteiger charge is -2.14. The van der Waals surface area contributed by atoms with E-state index < -0.39 is 0 Å². The summed E-state index contributed by atoms with van der Waals surface area (Å²) in [5.41, 5.74) is 1.37. The molecule has 5 nitrogen and oxygen atoms in total. The predicted molar refractivity (Wildman–Crippen MR) is 109 cm³/mol. The fraction of sp³-hybridized carbons (Fsp3) is 0.632. The first-order valence-corrected chi connectivity index (χ1v) is 11.2. The minimum absolute atomic E-state index is 0.0304. The molecule has 1 aliphatic rings. The summed E-state index contributed by atoms with van der Waals surface area (Å²) in [6, 6.07) is 0. The van der Waals surface area contributed by atoms with Crippen LogP contribution in [0.5, 0.6) is 0 Å². The van der Waals surface area contributed by atoms with Gasteiger partial charge in [0.1, 0.15) is 4.83 Å². The lowest BCUT2D eigenvalue weighted by Crippen LogP contribution is -2.26. The van der Waals surface area contributed by atoms with Gasteiger partial charge in [-0.25, -0.2) is 4.98 Å². The number of aryl methyl sites for hydroxylation is 2. The van der Waals surface area contributed by atoms with Crippen LogP contribution in [0.1, 0.15) is 50.5 Å². The standard InChI is InChI=1S/C19H27N3O2S2/c1-12(2)8-10-22-18(24)16-14-6-4-5-7-15(14)26-17(16)21-19(22)25-11-9-20-13(3)23/h12H,4-11H2,1-3H3,(H,20,23). The third kappa shape index (κ3) is 4.31. The zero-order chi connectivity index (χ0) is 18.7. The molecule has 2 aromatic rings. The molecule has 2 heterocycles. The average Bonchev–Trinajstić information content (AvgIpc) is 2.96. The van der Waals surface area contributed by atoms with Crippen molar-refractivity contribution < 1.29 is 4.79 Å². The molecule has 3 rings (SSSR count). The van der Waals surface area contributed by atoms with Crippen LogP contribution < -0.4 is 10.9 Å². The Labute approximate surface area is 162 Å². The number of nitrogens with one attached hydrogen (secondary N) is 1. The average molecular weight is 394 g/mol. The van der Waals surface area contributed by atoms with E-state index in [1.54, 1.807) is 23.1 Å². The van der Waals surface area contributed by atoms with Crippen LogP contribution in [0.15, 0.2) is 9.95 Å².